The second-order valence-corrected chi connectivity index (χ2v) is 6.39. The monoisotopic (exact) mass is 399 g/mol. The van der Waals surface area contributed by atoms with E-state index in [1.165, 1.54) is 7.11 Å². The van der Waals surface area contributed by atoms with Crippen molar-refractivity contribution in [1.82, 2.24) is 5.32 Å². The van der Waals surface area contributed by atoms with Crippen LogP contribution in [-0.4, -0.2) is 30.0 Å². The Morgan fingerprint density at radius 2 is 1.61 bits per heavy atom. The molecule has 8 heteroatoms. The fraction of sp³-hybridized carbons (Fsp3) is 0.200. The summed E-state index contributed by atoms with van der Waals surface area (Å²) in [5.74, 6) is -1.04. The first-order chi connectivity index (χ1) is 13.4. The fourth-order valence-electron chi connectivity index (χ4n) is 2.30. The third-order valence-corrected chi connectivity index (χ3v) is 3.92. The van der Waals surface area contributed by atoms with Crippen LogP contribution in [0.4, 0.5) is 11.4 Å². The molecule has 0 heterocycles. The molecular weight excluding hydrogens is 378 g/mol. The van der Waals surface area contributed by atoms with Crippen molar-refractivity contribution in [1.29, 1.82) is 0 Å². The normalized spacial score (nSPS) is 9.93. The maximum atomic E-state index is 12.3. The number of carbonyl (C=O) groups excluding carboxylic acids is 3. The highest BCUT2D eigenvalue weighted by Crippen LogP contribution is 2.15. The molecule has 3 N–H and O–H groups in total. The quantitative estimate of drug-likeness (QED) is 0.510. The van der Waals surface area contributed by atoms with E-state index < -0.39 is 5.97 Å². The lowest BCUT2D eigenvalue weighted by molar-refractivity contribution is -0.142. The molecule has 7 nitrogen and oxygen atoms in total. The molecule has 0 radical (unpaired) electrons. The Kier molecular flexibility index (Phi) is 7.65. The zero-order chi connectivity index (χ0) is 20.5. The van der Waals surface area contributed by atoms with E-state index in [4.69, 9.17) is 12.2 Å². The van der Waals surface area contributed by atoms with E-state index >= 15 is 0 Å². The topological polar surface area (TPSA) is 96.5 Å². The highest BCUT2D eigenvalue weighted by Gasteiger charge is 2.09. The van der Waals surface area contributed by atoms with Gasteiger partial charge in [0.05, 0.1) is 13.5 Å². The minimum Gasteiger partial charge on any atom is -0.469 e. The SMILES string of the molecule is COC(=O)CCC(=O)NC(=S)Nc1ccc(NC(=O)c2cccc(C)c2)cc1. The standard InChI is InChI=1S/C20H21N3O4S/c1-13-4-3-5-14(12-13)19(26)21-15-6-8-16(9-7-15)22-20(28)23-17(24)10-11-18(25)27-2/h3-9,12H,10-11H2,1-2H3,(H,21,26)(H2,22,23,24,28). The van der Waals surface area contributed by atoms with Crippen LogP contribution in [0.25, 0.3) is 0 Å². The zero-order valence-electron chi connectivity index (χ0n) is 15.6. The summed E-state index contributed by atoms with van der Waals surface area (Å²) in [6.45, 7) is 1.92. The van der Waals surface area contributed by atoms with Gasteiger partial charge in [-0.2, -0.15) is 0 Å². The van der Waals surface area contributed by atoms with E-state index in [-0.39, 0.29) is 29.8 Å². The van der Waals surface area contributed by atoms with Gasteiger partial charge < -0.3 is 20.7 Å². The molecule has 0 unspecified atom stereocenters. The summed E-state index contributed by atoms with van der Waals surface area (Å²) in [7, 11) is 1.26. The van der Waals surface area contributed by atoms with Gasteiger partial charge in [0.25, 0.3) is 5.91 Å². The lowest BCUT2D eigenvalue weighted by Crippen LogP contribution is -2.34. The zero-order valence-corrected chi connectivity index (χ0v) is 16.4. The van der Waals surface area contributed by atoms with Crippen molar-refractivity contribution in [2.24, 2.45) is 0 Å². The van der Waals surface area contributed by atoms with Crippen molar-refractivity contribution in [3.8, 4) is 0 Å². The van der Waals surface area contributed by atoms with Crippen LogP contribution in [0.2, 0.25) is 0 Å². The van der Waals surface area contributed by atoms with Crippen LogP contribution < -0.4 is 16.0 Å². The third-order valence-electron chi connectivity index (χ3n) is 3.72. The first-order valence-corrected chi connectivity index (χ1v) is 8.94. The molecule has 2 aromatic carbocycles. The Bertz CT molecular complexity index is 881. The van der Waals surface area contributed by atoms with Crippen LogP contribution in [0.15, 0.2) is 48.5 Å². The number of anilines is 2. The summed E-state index contributed by atoms with van der Waals surface area (Å²) in [4.78, 5) is 35.0. The van der Waals surface area contributed by atoms with E-state index in [1.54, 1.807) is 30.3 Å². The molecule has 0 fully saturated rings. The Hall–Kier alpha value is -3.26. The molecule has 146 valence electrons. The van der Waals surface area contributed by atoms with Gasteiger partial charge in [0.1, 0.15) is 0 Å². The van der Waals surface area contributed by atoms with Crippen molar-refractivity contribution in [3.05, 3.63) is 59.7 Å². The summed E-state index contributed by atoms with van der Waals surface area (Å²) in [6.07, 6.45) is -0.0291. The predicted octanol–water partition coefficient (Wildman–Crippen LogP) is 3.01. The van der Waals surface area contributed by atoms with Crippen LogP contribution in [0, 0.1) is 6.92 Å². The third kappa shape index (κ3) is 6.81. The highest BCUT2D eigenvalue weighted by molar-refractivity contribution is 7.80. The molecule has 2 amide bonds. The minimum atomic E-state index is -0.461. The van der Waals surface area contributed by atoms with E-state index in [9.17, 15) is 14.4 Å². The smallest absolute Gasteiger partial charge is 0.306 e. The van der Waals surface area contributed by atoms with Gasteiger partial charge >= 0.3 is 5.97 Å². The molecule has 2 rings (SSSR count). The van der Waals surface area contributed by atoms with Crippen molar-refractivity contribution in [3.63, 3.8) is 0 Å². The molecule has 0 bridgehead atoms. The molecule has 0 aliphatic rings. The summed E-state index contributed by atoms with van der Waals surface area (Å²) < 4.78 is 4.48. The Morgan fingerprint density at radius 3 is 2.21 bits per heavy atom. The van der Waals surface area contributed by atoms with Crippen molar-refractivity contribution < 1.29 is 19.1 Å². The Labute approximate surface area is 168 Å². The van der Waals surface area contributed by atoms with Crippen LogP contribution in [0.5, 0.6) is 0 Å². The number of carbonyl (C=O) groups is 3. The summed E-state index contributed by atoms with van der Waals surface area (Å²) in [6, 6.07) is 14.2. The maximum Gasteiger partial charge on any atom is 0.306 e. The number of amides is 2. The molecule has 0 saturated carbocycles. The van der Waals surface area contributed by atoms with Crippen LogP contribution in [-0.2, 0) is 14.3 Å². The van der Waals surface area contributed by atoms with Crippen LogP contribution in [0.3, 0.4) is 0 Å². The van der Waals surface area contributed by atoms with Gasteiger partial charge in [0.15, 0.2) is 5.11 Å². The second-order valence-electron chi connectivity index (χ2n) is 5.98. The molecule has 2 aromatic rings. The van der Waals surface area contributed by atoms with E-state index in [0.717, 1.165) is 5.56 Å². The molecule has 0 spiro atoms. The lowest BCUT2D eigenvalue weighted by Gasteiger charge is -2.11. The molecule has 0 saturated heterocycles. The number of rotatable bonds is 6. The number of thiocarbonyl (C=S) groups is 1. The first kappa shape index (κ1) is 21.0. The minimum absolute atomic E-state index is 0.0136. The number of aryl methyl sites for hydroxylation is 1. The summed E-state index contributed by atoms with van der Waals surface area (Å²) >= 11 is 5.07. The largest absolute Gasteiger partial charge is 0.469 e. The van der Waals surface area contributed by atoms with Crippen LogP contribution in [0.1, 0.15) is 28.8 Å². The molecule has 28 heavy (non-hydrogen) atoms. The molecule has 0 aliphatic heterocycles. The molecule has 0 aliphatic carbocycles. The lowest BCUT2D eigenvalue weighted by atomic mass is 10.1. The van der Waals surface area contributed by atoms with Gasteiger partial charge in [-0.3, -0.25) is 14.4 Å². The van der Waals surface area contributed by atoms with Crippen molar-refractivity contribution >= 4 is 46.5 Å². The van der Waals surface area contributed by atoms with E-state index in [1.807, 2.05) is 25.1 Å². The summed E-state index contributed by atoms with van der Waals surface area (Å²) in [5, 5.41) is 8.29. The Morgan fingerprint density at radius 1 is 0.964 bits per heavy atom. The van der Waals surface area contributed by atoms with E-state index in [0.29, 0.717) is 16.9 Å². The van der Waals surface area contributed by atoms with Crippen molar-refractivity contribution in [2.75, 3.05) is 17.7 Å². The Balaban J connectivity index is 1.85. The average molecular weight is 399 g/mol. The second kappa shape index (κ2) is 10.2. The molecule has 0 aromatic heterocycles. The first-order valence-electron chi connectivity index (χ1n) is 8.53. The van der Waals surface area contributed by atoms with Crippen LogP contribution >= 0.6 is 12.2 Å². The number of benzene rings is 2. The summed E-state index contributed by atoms with van der Waals surface area (Å²) in [5.41, 5.74) is 2.87. The maximum absolute atomic E-state index is 12.3. The van der Waals surface area contributed by atoms with Gasteiger partial charge in [-0.25, -0.2) is 0 Å². The predicted molar refractivity (Wildman–Crippen MR) is 111 cm³/mol. The van der Waals surface area contributed by atoms with Gasteiger partial charge in [-0.1, -0.05) is 17.7 Å². The van der Waals surface area contributed by atoms with Gasteiger partial charge in [0, 0.05) is 23.4 Å². The number of methoxy groups -OCH3 is 1. The number of hydrogen-bond donors (Lipinski definition) is 3. The van der Waals surface area contributed by atoms with Crippen molar-refractivity contribution in [2.45, 2.75) is 19.8 Å². The average Bonchev–Trinajstić information content (AvgIpc) is 2.67. The van der Waals surface area contributed by atoms with E-state index in [2.05, 4.69) is 20.7 Å². The van der Waals surface area contributed by atoms with Gasteiger partial charge in [0.2, 0.25) is 5.91 Å². The van der Waals surface area contributed by atoms with Gasteiger partial charge in [-0.05, 0) is 55.5 Å². The molecule has 0 atom stereocenters. The highest BCUT2D eigenvalue weighted by atomic mass is 32.1. The number of hydrogen-bond acceptors (Lipinski definition) is 5. The van der Waals surface area contributed by atoms with Gasteiger partial charge in [-0.15, -0.1) is 0 Å². The number of ether oxygens (including phenoxy) is 1. The fourth-order valence-corrected chi connectivity index (χ4v) is 2.53. The number of esters is 1. The molecular formula is C20H21N3O4S. The number of nitrogens with one attached hydrogen (secondary N) is 3.